The first-order valence-corrected chi connectivity index (χ1v) is 11.6. The highest BCUT2D eigenvalue weighted by Crippen LogP contribution is 2.27. The van der Waals surface area contributed by atoms with Gasteiger partial charge in [-0.2, -0.15) is 0 Å². The topological polar surface area (TPSA) is 100 Å². The Balaban J connectivity index is 1.34. The van der Waals surface area contributed by atoms with E-state index in [9.17, 15) is 9.59 Å². The molecule has 0 radical (unpaired) electrons. The summed E-state index contributed by atoms with van der Waals surface area (Å²) in [6.45, 7) is 7.40. The molecule has 0 unspecified atom stereocenters. The van der Waals surface area contributed by atoms with Crippen LogP contribution in [0.5, 0.6) is 5.75 Å². The van der Waals surface area contributed by atoms with Crippen LogP contribution in [0.1, 0.15) is 37.8 Å². The van der Waals surface area contributed by atoms with Crippen LogP contribution in [-0.4, -0.2) is 52.1 Å². The highest BCUT2D eigenvalue weighted by molar-refractivity contribution is 7.15. The molecule has 9 heteroatoms. The number of aromatic amines is 1. The lowest BCUT2D eigenvalue weighted by molar-refractivity contribution is -0.128. The lowest BCUT2D eigenvalue weighted by Crippen LogP contribution is -2.30. The molecule has 170 valence electrons. The Morgan fingerprint density at radius 2 is 2.16 bits per heavy atom. The van der Waals surface area contributed by atoms with Gasteiger partial charge in [-0.25, -0.2) is 0 Å². The van der Waals surface area contributed by atoms with Crippen LogP contribution in [0.2, 0.25) is 0 Å². The van der Waals surface area contributed by atoms with Gasteiger partial charge in [-0.3, -0.25) is 9.59 Å². The van der Waals surface area contributed by atoms with Gasteiger partial charge in [-0.05, 0) is 35.6 Å². The van der Waals surface area contributed by atoms with Crippen molar-refractivity contribution in [1.82, 2.24) is 20.1 Å². The number of hydrogen-bond donors (Lipinski definition) is 2. The summed E-state index contributed by atoms with van der Waals surface area (Å²) in [6, 6.07) is 5.90. The van der Waals surface area contributed by atoms with Crippen molar-refractivity contribution in [3.63, 3.8) is 0 Å². The molecule has 4 rings (SSSR count). The maximum atomic E-state index is 12.7. The standard InChI is InChI=1S/C23H29N5O3S/c1-23(2,3)11-19-26-27-22(32-19)25-21(30)15-9-20(29)28(13-15)8-7-14-12-24-18-6-5-16(31-4)10-17(14)18/h5-6,10,12,15,24H,7-9,11,13H2,1-4H3,(H,25,27,30)/t15-/m0/s1. The number of carbonyl (C=O) groups excluding carboxylic acids is 2. The Morgan fingerprint density at radius 3 is 2.91 bits per heavy atom. The Morgan fingerprint density at radius 1 is 1.34 bits per heavy atom. The molecule has 3 aromatic rings. The van der Waals surface area contributed by atoms with Gasteiger partial charge in [0.2, 0.25) is 16.9 Å². The number of rotatable bonds is 7. The number of ether oxygens (including phenoxy) is 1. The second kappa shape index (κ2) is 8.90. The van der Waals surface area contributed by atoms with Gasteiger partial charge in [0, 0.05) is 43.0 Å². The molecular formula is C23H29N5O3S. The molecule has 0 saturated carbocycles. The first-order valence-electron chi connectivity index (χ1n) is 10.8. The number of carbonyl (C=O) groups is 2. The number of hydrogen-bond acceptors (Lipinski definition) is 6. The number of nitrogens with one attached hydrogen (secondary N) is 2. The van der Waals surface area contributed by atoms with Gasteiger partial charge in [0.25, 0.3) is 0 Å². The van der Waals surface area contributed by atoms with Crippen LogP contribution < -0.4 is 10.1 Å². The normalized spacial score (nSPS) is 16.7. The molecule has 2 amide bonds. The van der Waals surface area contributed by atoms with Crippen molar-refractivity contribution >= 4 is 39.2 Å². The molecule has 3 heterocycles. The van der Waals surface area contributed by atoms with Crippen molar-refractivity contribution < 1.29 is 14.3 Å². The average Bonchev–Trinajstić information content (AvgIpc) is 3.43. The first kappa shape index (κ1) is 22.3. The number of benzene rings is 1. The number of methoxy groups -OCH3 is 1. The second-order valence-electron chi connectivity index (χ2n) is 9.44. The number of amides is 2. The van der Waals surface area contributed by atoms with Gasteiger partial charge in [0.05, 0.1) is 13.0 Å². The molecular weight excluding hydrogens is 426 g/mol. The van der Waals surface area contributed by atoms with Gasteiger partial charge in [0.1, 0.15) is 10.8 Å². The number of fused-ring (bicyclic) bond motifs is 1. The van der Waals surface area contributed by atoms with Crippen molar-refractivity contribution in [3.05, 3.63) is 35.0 Å². The Labute approximate surface area is 191 Å². The third-order valence-electron chi connectivity index (χ3n) is 5.59. The van der Waals surface area contributed by atoms with Crippen molar-refractivity contribution in [3.8, 4) is 5.75 Å². The number of nitrogens with zero attached hydrogens (tertiary/aromatic N) is 3. The van der Waals surface area contributed by atoms with E-state index in [1.54, 1.807) is 12.0 Å². The summed E-state index contributed by atoms with van der Waals surface area (Å²) >= 11 is 1.39. The van der Waals surface area contributed by atoms with Gasteiger partial charge in [-0.15, -0.1) is 10.2 Å². The number of H-pyrrole nitrogens is 1. The molecule has 0 bridgehead atoms. The fourth-order valence-electron chi connectivity index (χ4n) is 3.95. The van der Waals surface area contributed by atoms with Gasteiger partial charge >= 0.3 is 0 Å². The number of likely N-dealkylation sites (tertiary alicyclic amines) is 1. The molecule has 2 aromatic heterocycles. The summed E-state index contributed by atoms with van der Waals surface area (Å²) in [5, 5.41) is 13.6. The summed E-state index contributed by atoms with van der Waals surface area (Å²) in [4.78, 5) is 30.3. The van der Waals surface area contributed by atoms with Crippen LogP contribution in [-0.2, 0) is 22.4 Å². The molecule has 1 atom stereocenters. The molecule has 1 saturated heterocycles. The van der Waals surface area contributed by atoms with Crippen LogP contribution in [0.15, 0.2) is 24.4 Å². The lowest BCUT2D eigenvalue weighted by Gasteiger charge is -2.16. The first-order chi connectivity index (χ1) is 15.2. The summed E-state index contributed by atoms with van der Waals surface area (Å²) in [6.07, 6.45) is 3.70. The van der Waals surface area contributed by atoms with E-state index in [2.05, 4.69) is 41.3 Å². The monoisotopic (exact) mass is 455 g/mol. The fraction of sp³-hybridized carbons (Fsp3) is 0.478. The van der Waals surface area contributed by atoms with E-state index >= 15 is 0 Å². The highest BCUT2D eigenvalue weighted by atomic mass is 32.1. The van der Waals surface area contributed by atoms with Crippen molar-refractivity contribution in [1.29, 1.82) is 0 Å². The number of anilines is 1. The van der Waals surface area contributed by atoms with Crippen LogP contribution >= 0.6 is 11.3 Å². The van der Waals surface area contributed by atoms with Crippen LogP contribution in [0.4, 0.5) is 5.13 Å². The van der Waals surface area contributed by atoms with E-state index in [1.807, 2.05) is 24.4 Å². The fourth-order valence-corrected chi connectivity index (χ4v) is 4.99. The molecule has 2 N–H and O–H groups in total. The quantitative estimate of drug-likeness (QED) is 0.566. The average molecular weight is 456 g/mol. The molecule has 0 spiro atoms. The number of aromatic nitrogens is 3. The SMILES string of the molecule is COc1ccc2[nH]cc(CCN3C[C@@H](C(=O)Nc4nnc(CC(C)(C)C)s4)CC3=O)c2c1. The smallest absolute Gasteiger partial charge is 0.231 e. The van der Waals surface area contributed by atoms with E-state index in [0.29, 0.717) is 24.6 Å². The van der Waals surface area contributed by atoms with E-state index < -0.39 is 0 Å². The minimum Gasteiger partial charge on any atom is -0.497 e. The molecule has 1 aliphatic rings. The third-order valence-corrected chi connectivity index (χ3v) is 6.43. The van der Waals surface area contributed by atoms with Gasteiger partial charge < -0.3 is 19.9 Å². The zero-order chi connectivity index (χ0) is 22.9. The summed E-state index contributed by atoms with van der Waals surface area (Å²) in [5.41, 5.74) is 2.27. The third kappa shape index (κ3) is 5.09. The summed E-state index contributed by atoms with van der Waals surface area (Å²) in [5.74, 6) is 0.264. The molecule has 1 aromatic carbocycles. The van der Waals surface area contributed by atoms with Crippen LogP contribution in [0.3, 0.4) is 0 Å². The zero-order valence-electron chi connectivity index (χ0n) is 18.9. The predicted octanol–water partition coefficient (Wildman–Crippen LogP) is 3.65. The van der Waals surface area contributed by atoms with Crippen molar-refractivity contribution in [2.24, 2.45) is 11.3 Å². The Kier molecular flexibility index (Phi) is 6.19. The maximum Gasteiger partial charge on any atom is 0.231 e. The van der Waals surface area contributed by atoms with Crippen LogP contribution in [0.25, 0.3) is 10.9 Å². The second-order valence-corrected chi connectivity index (χ2v) is 10.5. The molecule has 32 heavy (non-hydrogen) atoms. The van der Waals surface area contributed by atoms with Crippen molar-refractivity contribution in [2.75, 3.05) is 25.5 Å². The largest absolute Gasteiger partial charge is 0.497 e. The molecule has 8 nitrogen and oxygen atoms in total. The summed E-state index contributed by atoms with van der Waals surface area (Å²) < 4.78 is 5.32. The van der Waals surface area contributed by atoms with Gasteiger partial charge in [-0.1, -0.05) is 32.1 Å². The molecule has 1 aliphatic heterocycles. The van der Waals surface area contributed by atoms with Crippen LogP contribution in [0, 0.1) is 11.3 Å². The summed E-state index contributed by atoms with van der Waals surface area (Å²) in [7, 11) is 1.65. The minimum absolute atomic E-state index is 0.00765. The maximum absolute atomic E-state index is 12.7. The van der Waals surface area contributed by atoms with E-state index in [4.69, 9.17) is 4.74 Å². The van der Waals surface area contributed by atoms with Gasteiger partial charge in [0.15, 0.2) is 0 Å². The predicted molar refractivity (Wildman–Crippen MR) is 125 cm³/mol. The molecule has 1 fully saturated rings. The minimum atomic E-state index is -0.375. The Bertz CT molecular complexity index is 1130. The Hall–Kier alpha value is -2.94. The zero-order valence-corrected chi connectivity index (χ0v) is 19.7. The van der Waals surface area contributed by atoms with Crippen molar-refractivity contribution in [2.45, 2.75) is 40.0 Å². The van der Waals surface area contributed by atoms with E-state index in [0.717, 1.165) is 33.6 Å². The lowest BCUT2D eigenvalue weighted by atomic mass is 9.93. The van der Waals surface area contributed by atoms with E-state index in [1.165, 1.54) is 11.3 Å². The van der Waals surface area contributed by atoms with E-state index in [-0.39, 0.29) is 29.6 Å². The molecule has 0 aliphatic carbocycles. The highest BCUT2D eigenvalue weighted by Gasteiger charge is 2.34.